The van der Waals surface area contributed by atoms with Crippen LogP contribution in [0, 0.1) is 0 Å². The van der Waals surface area contributed by atoms with E-state index in [9.17, 15) is 9.59 Å². The molecule has 67 heavy (non-hydrogen) atoms. The summed E-state index contributed by atoms with van der Waals surface area (Å²) in [6, 6.07) is 11.2. The van der Waals surface area contributed by atoms with Crippen LogP contribution in [0.3, 0.4) is 0 Å². The zero-order valence-corrected chi connectivity index (χ0v) is 39.6. The summed E-state index contributed by atoms with van der Waals surface area (Å²) in [5, 5.41) is 0. The highest BCUT2D eigenvalue weighted by Gasteiger charge is 2.35. The molecule has 2 atom stereocenters. The van der Waals surface area contributed by atoms with Crippen LogP contribution in [-0.2, 0) is 43.5 Å². The fraction of sp³-hybridized carbons (Fsp3) is 0.500. The summed E-state index contributed by atoms with van der Waals surface area (Å²) in [6.45, 7) is 10.7. The first kappa shape index (κ1) is 49.1. The number of rotatable bonds is 24. The number of carbonyl (C=O) groups excluding carboxylic acids is 2. The van der Waals surface area contributed by atoms with Gasteiger partial charge in [0.1, 0.15) is 25.6 Å². The maximum absolute atomic E-state index is 13.7. The first-order valence-corrected chi connectivity index (χ1v) is 22.9. The third-order valence-corrected chi connectivity index (χ3v) is 12.2. The average Bonchev–Trinajstić information content (AvgIpc) is 3.88. The number of ether oxygens (including phenoxy) is 9. The third kappa shape index (κ3) is 13.0. The Hall–Kier alpha value is -5.85. The molecule has 2 unspecified atom stereocenters. The van der Waals surface area contributed by atoms with Crippen molar-refractivity contribution < 1.29 is 52.2 Å². The van der Waals surface area contributed by atoms with Crippen molar-refractivity contribution in [1.29, 1.82) is 0 Å². The number of fused-ring (bicyclic) bond motifs is 4. The van der Waals surface area contributed by atoms with E-state index in [1.54, 1.807) is 33.5 Å². The summed E-state index contributed by atoms with van der Waals surface area (Å²) in [4.78, 5) is 46.7. The van der Waals surface area contributed by atoms with E-state index in [1.165, 1.54) is 18.3 Å². The van der Waals surface area contributed by atoms with Gasteiger partial charge in [-0.1, -0.05) is 23.3 Å². The molecule has 360 valence electrons. The number of benzene rings is 2. The molecule has 0 bridgehead atoms. The molecule has 1 amide bonds. The lowest BCUT2D eigenvalue weighted by molar-refractivity contribution is -0.141. The molecule has 4 aliphatic rings. The largest absolute Gasteiger partial charge is 0.493 e. The molecule has 17 nitrogen and oxygen atoms in total. The van der Waals surface area contributed by atoms with Crippen molar-refractivity contribution in [3.63, 3.8) is 0 Å². The van der Waals surface area contributed by atoms with Gasteiger partial charge < -0.3 is 47.5 Å². The predicted molar refractivity (Wildman–Crippen MR) is 253 cm³/mol. The highest BCUT2D eigenvalue weighted by molar-refractivity contribution is 6.04. The molecule has 7 rings (SSSR count). The number of aliphatic imine (C=N–C) groups is 2. The fourth-order valence-corrected chi connectivity index (χ4v) is 8.42. The third-order valence-electron chi connectivity index (χ3n) is 12.2. The van der Waals surface area contributed by atoms with E-state index in [2.05, 4.69) is 28.9 Å². The van der Waals surface area contributed by atoms with Crippen LogP contribution >= 0.6 is 0 Å². The van der Waals surface area contributed by atoms with Gasteiger partial charge in [0.05, 0.1) is 95.2 Å². The van der Waals surface area contributed by atoms with Crippen molar-refractivity contribution in [2.24, 2.45) is 9.98 Å². The van der Waals surface area contributed by atoms with Gasteiger partial charge in [0.25, 0.3) is 5.91 Å². The molecule has 2 saturated heterocycles. The minimum absolute atomic E-state index is 0.0394. The van der Waals surface area contributed by atoms with Gasteiger partial charge >= 0.3 is 5.97 Å². The van der Waals surface area contributed by atoms with Gasteiger partial charge in [-0.05, 0) is 44.4 Å². The van der Waals surface area contributed by atoms with Crippen LogP contribution in [0.5, 0.6) is 28.7 Å². The molecule has 0 spiro atoms. The lowest BCUT2D eigenvalue weighted by atomic mass is 10.1. The van der Waals surface area contributed by atoms with Crippen LogP contribution < -0.4 is 23.7 Å². The first-order valence-electron chi connectivity index (χ1n) is 22.9. The number of methoxy groups -OCH3 is 4. The zero-order valence-electron chi connectivity index (χ0n) is 39.6. The normalized spacial score (nSPS) is 18.7. The van der Waals surface area contributed by atoms with E-state index in [4.69, 9.17) is 57.6 Å². The van der Waals surface area contributed by atoms with Crippen LogP contribution in [0.4, 0.5) is 11.4 Å². The summed E-state index contributed by atoms with van der Waals surface area (Å²) in [5.74, 6) is 2.11. The maximum Gasteiger partial charge on any atom is 0.306 e. The van der Waals surface area contributed by atoms with E-state index >= 15 is 0 Å². The molecule has 0 aliphatic carbocycles. The van der Waals surface area contributed by atoms with Crippen molar-refractivity contribution in [3.8, 4) is 28.7 Å². The van der Waals surface area contributed by atoms with E-state index in [1.807, 2.05) is 48.5 Å². The standard InChI is InChI=1S/C50H64N6O11/c1-7-34-19-39-27-51-43-25-47(45(60-4)21-36(43)31-55(39)29-34)66-32-37-22-41(65-14-12-54(10-9-49(57)62-6)11-13-63-17-18-64-16-15-59-3)23-38(53-37)33-67-48-26-44-42(24-46(48)61-5)50(58)56-30-35(8-2)20-40(56)28-52-44/h7-8,21-28,39-40H,9-20,29-33H2,1-6H3. The lowest BCUT2D eigenvalue weighted by Crippen LogP contribution is -2.35. The summed E-state index contributed by atoms with van der Waals surface area (Å²) in [5.41, 5.74) is 6.65. The quantitative estimate of drug-likeness (QED) is 0.0559. The Morgan fingerprint density at radius 3 is 2.01 bits per heavy atom. The van der Waals surface area contributed by atoms with Gasteiger partial charge in [-0.15, -0.1) is 0 Å². The molecule has 17 heteroatoms. The van der Waals surface area contributed by atoms with Crippen molar-refractivity contribution in [2.75, 3.05) is 101 Å². The Morgan fingerprint density at radius 2 is 1.31 bits per heavy atom. The molecular formula is C50H64N6O11. The SMILES string of the molecule is CC=C1CC2C=Nc3cc(OCc4cc(OCCN(CCOCCOCCOC)CCC(=O)OC)cc(COc5cc6c(cc5OC)C(=O)N5CC(=CC)CC5C=N6)n4)c(OC)cc3CN2C1. The second-order valence-corrected chi connectivity index (χ2v) is 16.6. The molecule has 3 aromatic rings. The number of hydrogen-bond donors (Lipinski definition) is 0. The maximum atomic E-state index is 13.7. The van der Waals surface area contributed by atoms with Crippen molar-refractivity contribution in [2.45, 2.75) is 65.0 Å². The number of allylic oxidation sites excluding steroid dienone is 2. The Labute approximate surface area is 393 Å². The molecule has 4 aliphatic heterocycles. The van der Waals surface area contributed by atoms with Gasteiger partial charge in [0.15, 0.2) is 23.0 Å². The second kappa shape index (κ2) is 24.3. The van der Waals surface area contributed by atoms with Crippen LogP contribution in [0.2, 0.25) is 0 Å². The molecule has 5 heterocycles. The van der Waals surface area contributed by atoms with Crippen molar-refractivity contribution >= 4 is 35.7 Å². The van der Waals surface area contributed by atoms with Gasteiger partial charge in [-0.25, -0.2) is 0 Å². The number of amides is 1. The smallest absolute Gasteiger partial charge is 0.306 e. The molecule has 0 saturated carbocycles. The van der Waals surface area contributed by atoms with E-state index in [0.29, 0.717) is 117 Å². The van der Waals surface area contributed by atoms with E-state index < -0.39 is 0 Å². The van der Waals surface area contributed by atoms with Gasteiger partial charge in [-0.2, -0.15) is 0 Å². The van der Waals surface area contributed by atoms with Crippen LogP contribution in [-0.4, -0.2) is 157 Å². The number of nitrogens with zero attached hydrogens (tertiary/aromatic N) is 6. The highest BCUT2D eigenvalue weighted by atomic mass is 16.5. The number of pyridine rings is 1. The number of hydrogen-bond acceptors (Lipinski definition) is 16. The Bertz CT molecular complexity index is 2320. The van der Waals surface area contributed by atoms with Crippen LogP contribution in [0.25, 0.3) is 0 Å². The van der Waals surface area contributed by atoms with Gasteiger partial charge in [-0.3, -0.25) is 34.4 Å². The van der Waals surface area contributed by atoms with E-state index in [-0.39, 0.29) is 43.6 Å². The van der Waals surface area contributed by atoms with Crippen molar-refractivity contribution in [3.05, 3.63) is 82.2 Å². The van der Waals surface area contributed by atoms with Gasteiger partial charge in [0.2, 0.25) is 0 Å². The topological polar surface area (TPSA) is 165 Å². The second-order valence-electron chi connectivity index (χ2n) is 16.6. The number of aromatic nitrogens is 1. The summed E-state index contributed by atoms with van der Waals surface area (Å²) >= 11 is 0. The monoisotopic (exact) mass is 924 g/mol. The molecular weight excluding hydrogens is 861 g/mol. The van der Waals surface area contributed by atoms with Crippen molar-refractivity contribution in [1.82, 2.24) is 19.7 Å². The Morgan fingerprint density at radius 1 is 0.687 bits per heavy atom. The number of esters is 1. The van der Waals surface area contributed by atoms with Crippen LogP contribution in [0.1, 0.15) is 60.4 Å². The fourth-order valence-electron chi connectivity index (χ4n) is 8.42. The minimum atomic E-state index is -0.295. The molecule has 1 aromatic heterocycles. The Balaban J connectivity index is 1.08. The minimum Gasteiger partial charge on any atom is -0.493 e. The zero-order chi connectivity index (χ0) is 47.1. The predicted octanol–water partition coefficient (Wildman–Crippen LogP) is 6.29. The molecule has 0 N–H and O–H groups in total. The van der Waals surface area contributed by atoms with Gasteiger partial charge in [0, 0.05) is 89.1 Å². The lowest BCUT2D eigenvalue weighted by Gasteiger charge is -2.22. The Kier molecular flexibility index (Phi) is 17.8. The molecule has 2 aromatic carbocycles. The molecule has 2 fully saturated rings. The summed E-state index contributed by atoms with van der Waals surface area (Å²) < 4.78 is 52.1. The highest BCUT2D eigenvalue weighted by Crippen LogP contribution is 2.41. The molecule has 0 radical (unpaired) electrons. The summed E-state index contributed by atoms with van der Waals surface area (Å²) in [6.07, 6.45) is 10.1. The number of carbonyl (C=O) groups is 2. The first-order chi connectivity index (χ1) is 32.7. The van der Waals surface area contributed by atoms with E-state index in [0.717, 1.165) is 37.2 Å². The summed E-state index contributed by atoms with van der Waals surface area (Å²) in [7, 11) is 6.19. The average molecular weight is 925 g/mol. The van der Waals surface area contributed by atoms with Crippen LogP contribution in [0.15, 0.2) is 69.7 Å².